The number of carboxylic acid groups (broad SMARTS) is 1. The molecule has 0 saturated carbocycles. The molecule has 104 valence electrons. The second kappa shape index (κ2) is 5.43. The normalized spacial score (nSPS) is 10.4. The van der Waals surface area contributed by atoms with E-state index >= 15 is 0 Å². The zero-order valence-electron chi connectivity index (χ0n) is 10.1. The van der Waals surface area contributed by atoms with Gasteiger partial charge in [0.05, 0.1) is 29.1 Å². The quantitative estimate of drug-likeness (QED) is 0.646. The zero-order valence-corrected chi connectivity index (χ0v) is 10.1. The molecule has 0 spiro atoms. The highest BCUT2D eigenvalue weighted by Gasteiger charge is 2.15. The number of carboxylic acids is 1. The number of rotatable bonds is 5. The van der Waals surface area contributed by atoms with Crippen LogP contribution in [0.4, 0.5) is 10.1 Å². The van der Waals surface area contributed by atoms with Gasteiger partial charge in [0, 0.05) is 12.3 Å². The van der Waals surface area contributed by atoms with E-state index in [0.29, 0.717) is 0 Å². The van der Waals surface area contributed by atoms with E-state index in [9.17, 15) is 19.3 Å². The monoisotopic (exact) mass is 280 g/mol. The van der Waals surface area contributed by atoms with Crippen molar-refractivity contribution in [1.82, 2.24) is 15.0 Å². The standard InChI is InChI=1S/C11H9FN4O4/c12-8-1-2-10(16(19)20)7(3-8)5-15-6-9(13-14-15)4-11(17)18/h1-3,6H,4-5H2,(H,17,18). The molecule has 1 heterocycles. The third kappa shape index (κ3) is 3.13. The molecule has 0 unspecified atom stereocenters. The predicted octanol–water partition coefficient (Wildman–Crippen LogP) is 1.00. The fourth-order valence-corrected chi connectivity index (χ4v) is 1.69. The first-order valence-corrected chi connectivity index (χ1v) is 5.49. The van der Waals surface area contributed by atoms with Crippen molar-refractivity contribution in [2.45, 2.75) is 13.0 Å². The summed E-state index contributed by atoms with van der Waals surface area (Å²) in [7, 11) is 0. The van der Waals surface area contributed by atoms with Crippen molar-refractivity contribution in [3.05, 3.63) is 51.6 Å². The lowest BCUT2D eigenvalue weighted by Gasteiger charge is -2.02. The van der Waals surface area contributed by atoms with Gasteiger partial charge in [-0.1, -0.05) is 5.21 Å². The molecular formula is C11H9FN4O4. The van der Waals surface area contributed by atoms with E-state index in [1.807, 2.05) is 0 Å². The number of hydrogen-bond acceptors (Lipinski definition) is 5. The molecule has 0 fully saturated rings. The molecule has 8 nitrogen and oxygen atoms in total. The van der Waals surface area contributed by atoms with E-state index in [1.54, 1.807) is 0 Å². The number of aromatic nitrogens is 3. The summed E-state index contributed by atoms with van der Waals surface area (Å²) >= 11 is 0. The zero-order chi connectivity index (χ0) is 14.7. The Balaban J connectivity index is 2.25. The Morgan fingerprint density at radius 2 is 2.25 bits per heavy atom. The number of carbonyl (C=O) groups is 1. The van der Waals surface area contributed by atoms with Crippen molar-refractivity contribution in [2.24, 2.45) is 0 Å². The number of nitro benzene ring substituents is 1. The van der Waals surface area contributed by atoms with Gasteiger partial charge in [-0.15, -0.1) is 5.10 Å². The Hall–Kier alpha value is -2.84. The summed E-state index contributed by atoms with van der Waals surface area (Å²) in [6.07, 6.45) is 1.05. The van der Waals surface area contributed by atoms with Crippen molar-refractivity contribution in [3.8, 4) is 0 Å². The van der Waals surface area contributed by atoms with E-state index in [2.05, 4.69) is 10.3 Å². The van der Waals surface area contributed by atoms with Crippen molar-refractivity contribution < 1.29 is 19.2 Å². The topological polar surface area (TPSA) is 111 Å². The smallest absolute Gasteiger partial charge is 0.309 e. The van der Waals surface area contributed by atoms with Gasteiger partial charge in [0.2, 0.25) is 0 Å². The largest absolute Gasteiger partial charge is 0.481 e. The Labute approximate surface area is 111 Å². The van der Waals surface area contributed by atoms with Gasteiger partial charge >= 0.3 is 5.97 Å². The van der Waals surface area contributed by atoms with Crippen LogP contribution in [0.1, 0.15) is 11.3 Å². The molecular weight excluding hydrogens is 271 g/mol. The van der Waals surface area contributed by atoms with Crippen molar-refractivity contribution >= 4 is 11.7 Å². The van der Waals surface area contributed by atoms with Gasteiger partial charge in [0.25, 0.3) is 5.69 Å². The Kier molecular flexibility index (Phi) is 3.69. The number of aliphatic carboxylic acids is 1. The molecule has 0 atom stereocenters. The molecule has 9 heteroatoms. The van der Waals surface area contributed by atoms with Gasteiger partial charge in [-0.3, -0.25) is 14.9 Å². The Bertz CT molecular complexity index is 670. The summed E-state index contributed by atoms with van der Waals surface area (Å²) in [6.45, 7) is -0.0688. The fraction of sp³-hybridized carbons (Fsp3) is 0.182. The molecule has 1 aromatic heterocycles. The Morgan fingerprint density at radius 1 is 1.50 bits per heavy atom. The minimum absolute atomic E-state index is 0.0688. The number of hydrogen-bond donors (Lipinski definition) is 1. The maximum atomic E-state index is 13.1. The first-order chi connectivity index (χ1) is 9.45. The summed E-state index contributed by atoms with van der Waals surface area (Å²) in [5, 5.41) is 26.7. The van der Waals surface area contributed by atoms with Crippen LogP contribution in [0.2, 0.25) is 0 Å². The number of halogens is 1. The van der Waals surface area contributed by atoms with Crippen LogP contribution in [0.3, 0.4) is 0 Å². The molecule has 1 N–H and O–H groups in total. The minimum Gasteiger partial charge on any atom is -0.481 e. The molecule has 0 aliphatic rings. The molecule has 1 aromatic carbocycles. The van der Waals surface area contributed by atoms with Gasteiger partial charge in [-0.25, -0.2) is 9.07 Å². The van der Waals surface area contributed by atoms with E-state index in [0.717, 1.165) is 18.2 Å². The number of benzene rings is 1. The van der Waals surface area contributed by atoms with Gasteiger partial charge in [0.1, 0.15) is 5.82 Å². The van der Waals surface area contributed by atoms with Gasteiger partial charge in [-0.05, 0) is 12.1 Å². The lowest BCUT2D eigenvalue weighted by Crippen LogP contribution is -2.04. The molecule has 0 saturated heterocycles. The summed E-state index contributed by atoms with van der Waals surface area (Å²) in [5.41, 5.74) is 0.111. The van der Waals surface area contributed by atoms with Crippen LogP contribution in [-0.4, -0.2) is 31.0 Å². The first kappa shape index (κ1) is 13.6. The summed E-state index contributed by atoms with van der Waals surface area (Å²) in [4.78, 5) is 20.7. The highest BCUT2D eigenvalue weighted by molar-refractivity contribution is 5.69. The molecule has 0 amide bonds. The Morgan fingerprint density at radius 3 is 2.90 bits per heavy atom. The van der Waals surface area contributed by atoms with E-state index < -0.39 is 16.7 Å². The molecule has 2 aromatic rings. The van der Waals surface area contributed by atoms with Crippen LogP contribution >= 0.6 is 0 Å². The molecule has 0 aliphatic carbocycles. The minimum atomic E-state index is -1.06. The molecule has 0 bridgehead atoms. The van der Waals surface area contributed by atoms with Gasteiger partial charge in [-0.2, -0.15) is 0 Å². The van der Waals surface area contributed by atoms with E-state index in [1.165, 1.54) is 10.9 Å². The third-order valence-corrected chi connectivity index (χ3v) is 2.49. The maximum absolute atomic E-state index is 13.1. The average molecular weight is 280 g/mol. The highest BCUT2D eigenvalue weighted by Crippen LogP contribution is 2.20. The predicted molar refractivity (Wildman–Crippen MR) is 63.5 cm³/mol. The molecule has 0 radical (unpaired) electrons. The average Bonchev–Trinajstić information content (AvgIpc) is 2.75. The molecule has 0 aliphatic heterocycles. The van der Waals surface area contributed by atoms with Crippen LogP contribution in [0.25, 0.3) is 0 Å². The second-order valence-corrected chi connectivity index (χ2v) is 4.01. The van der Waals surface area contributed by atoms with Crippen molar-refractivity contribution in [1.29, 1.82) is 0 Å². The van der Waals surface area contributed by atoms with Gasteiger partial charge < -0.3 is 5.11 Å². The van der Waals surface area contributed by atoms with E-state index in [-0.39, 0.29) is 29.9 Å². The second-order valence-electron chi connectivity index (χ2n) is 4.01. The summed E-state index contributed by atoms with van der Waals surface area (Å²) in [6, 6.07) is 3.11. The van der Waals surface area contributed by atoms with Crippen LogP contribution < -0.4 is 0 Å². The molecule has 2 rings (SSSR count). The fourth-order valence-electron chi connectivity index (χ4n) is 1.69. The third-order valence-electron chi connectivity index (χ3n) is 2.49. The number of nitrogens with zero attached hydrogens (tertiary/aromatic N) is 4. The lowest BCUT2D eigenvalue weighted by atomic mass is 10.2. The van der Waals surface area contributed by atoms with Crippen molar-refractivity contribution in [2.75, 3.05) is 0 Å². The van der Waals surface area contributed by atoms with Crippen LogP contribution in [0.5, 0.6) is 0 Å². The van der Waals surface area contributed by atoms with Crippen molar-refractivity contribution in [3.63, 3.8) is 0 Å². The first-order valence-electron chi connectivity index (χ1n) is 5.49. The van der Waals surface area contributed by atoms with Crippen LogP contribution in [0.15, 0.2) is 24.4 Å². The van der Waals surface area contributed by atoms with Crippen LogP contribution in [-0.2, 0) is 17.8 Å². The van der Waals surface area contributed by atoms with Gasteiger partial charge in [0.15, 0.2) is 0 Å². The maximum Gasteiger partial charge on any atom is 0.309 e. The molecule has 20 heavy (non-hydrogen) atoms. The highest BCUT2D eigenvalue weighted by atomic mass is 19.1. The lowest BCUT2D eigenvalue weighted by molar-refractivity contribution is -0.385. The van der Waals surface area contributed by atoms with E-state index in [4.69, 9.17) is 5.11 Å². The summed E-state index contributed by atoms with van der Waals surface area (Å²) in [5.74, 6) is -1.66. The SMILES string of the molecule is O=C(O)Cc1cn(Cc2cc(F)ccc2[N+](=O)[O-])nn1. The number of nitro groups is 1. The van der Waals surface area contributed by atoms with Crippen LogP contribution in [0, 0.1) is 15.9 Å². The summed E-state index contributed by atoms with van der Waals surface area (Å²) < 4.78 is 14.4.